The van der Waals surface area contributed by atoms with Gasteiger partial charge in [-0.05, 0) is 31.0 Å². The van der Waals surface area contributed by atoms with E-state index < -0.39 is 12.1 Å². The standard InChI is InChI=1S/C23H23ClN6O2/c1-14-9-10-15(2)17(11-14)13-30-19-20(28(3)23(32)29(4)21(19)31)26-22(30)27-25-12-16-7-5-6-8-18(16)24/h5-12,19H,13H2,1-4H3/p+1/b25-12+. The summed E-state index contributed by atoms with van der Waals surface area (Å²) in [7, 11) is 3.10. The van der Waals surface area contributed by atoms with Crippen molar-refractivity contribution in [3.8, 4) is 0 Å². The SMILES string of the molecule is Cc1ccc(C)c(C[N+]2=C(N/N=C/c3ccccc3Cl)N=C3C2C(=O)N(C)C(=O)N3C)c1. The van der Waals surface area contributed by atoms with Crippen LogP contribution < -0.4 is 5.43 Å². The average molecular weight is 452 g/mol. The number of aryl methyl sites for hydroxylation is 2. The molecule has 1 unspecified atom stereocenters. The number of likely N-dealkylation sites (N-methyl/N-ethyl adjacent to an activating group) is 2. The quantitative estimate of drug-likeness (QED) is 0.441. The Balaban J connectivity index is 1.73. The molecule has 2 heterocycles. The predicted octanol–water partition coefficient (Wildman–Crippen LogP) is 2.75. The summed E-state index contributed by atoms with van der Waals surface area (Å²) in [5.74, 6) is 0.431. The molecular weight excluding hydrogens is 428 g/mol. The number of nitrogens with one attached hydrogen (secondary N) is 1. The molecule has 9 heteroatoms. The van der Waals surface area contributed by atoms with Crippen molar-refractivity contribution >= 4 is 41.5 Å². The molecule has 164 valence electrons. The van der Waals surface area contributed by atoms with E-state index in [4.69, 9.17) is 11.6 Å². The molecule has 2 aliphatic heterocycles. The molecule has 0 aromatic heterocycles. The number of halogens is 1. The minimum atomic E-state index is -0.722. The summed E-state index contributed by atoms with van der Waals surface area (Å²) in [6.07, 6.45) is 1.59. The van der Waals surface area contributed by atoms with Crippen molar-refractivity contribution in [3.05, 3.63) is 69.7 Å². The van der Waals surface area contributed by atoms with Crippen LogP contribution in [0.4, 0.5) is 4.79 Å². The van der Waals surface area contributed by atoms with Gasteiger partial charge < -0.3 is 0 Å². The zero-order chi connectivity index (χ0) is 23.0. The van der Waals surface area contributed by atoms with Gasteiger partial charge in [-0.2, -0.15) is 5.43 Å². The molecule has 0 bridgehead atoms. The number of benzene rings is 2. The number of amides is 3. The third-order valence-electron chi connectivity index (χ3n) is 5.65. The van der Waals surface area contributed by atoms with Crippen LogP contribution in [0.15, 0.2) is 52.6 Å². The lowest BCUT2D eigenvalue weighted by atomic mass is 10.0. The van der Waals surface area contributed by atoms with Gasteiger partial charge in [-0.1, -0.05) is 58.6 Å². The third-order valence-corrected chi connectivity index (χ3v) is 5.99. The van der Waals surface area contributed by atoms with E-state index in [1.54, 1.807) is 19.3 Å². The highest BCUT2D eigenvalue weighted by molar-refractivity contribution is 6.33. The Bertz CT molecular complexity index is 1200. The second-order valence-electron chi connectivity index (χ2n) is 7.88. The molecular formula is C23H24ClN6O2+. The van der Waals surface area contributed by atoms with Crippen molar-refractivity contribution in [3.63, 3.8) is 0 Å². The number of imide groups is 1. The van der Waals surface area contributed by atoms with E-state index in [0.29, 0.717) is 23.4 Å². The zero-order valence-electron chi connectivity index (χ0n) is 18.3. The van der Waals surface area contributed by atoms with Crippen molar-refractivity contribution in [1.82, 2.24) is 15.2 Å². The molecule has 1 N–H and O–H groups in total. The molecule has 2 aromatic carbocycles. The first-order valence-corrected chi connectivity index (χ1v) is 10.5. The minimum Gasteiger partial charge on any atom is -0.270 e. The first-order valence-electron chi connectivity index (χ1n) is 10.1. The molecule has 1 atom stereocenters. The van der Waals surface area contributed by atoms with E-state index in [9.17, 15) is 9.59 Å². The summed E-state index contributed by atoms with van der Waals surface area (Å²) < 4.78 is 1.84. The lowest BCUT2D eigenvalue weighted by Crippen LogP contribution is -2.61. The fourth-order valence-electron chi connectivity index (χ4n) is 3.75. The number of amidine groups is 1. The van der Waals surface area contributed by atoms with Gasteiger partial charge in [0.15, 0.2) is 0 Å². The van der Waals surface area contributed by atoms with Gasteiger partial charge in [0, 0.05) is 24.7 Å². The molecule has 1 saturated heterocycles. The molecule has 0 aliphatic carbocycles. The van der Waals surface area contributed by atoms with Gasteiger partial charge in [-0.25, -0.2) is 9.37 Å². The Morgan fingerprint density at radius 3 is 2.66 bits per heavy atom. The van der Waals surface area contributed by atoms with Crippen molar-refractivity contribution < 1.29 is 14.2 Å². The summed E-state index contributed by atoms with van der Waals surface area (Å²) in [5.41, 5.74) is 6.97. The minimum absolute atomic E-state index is 0.330. The fourth-order valence-corrected chi connectivity index (χ4v) is 3.93. The van der Waals surface area contributed by atoms with E-state index in [1.165, 1.54) is 11.9 Å². The fraction of sp³-hybridized carbons (Fsp3) is 0.261. The molecule has 8 nitrogen and oxygen atoms in total. The first kappa shape index (κ1) is 21.7. The van der Waals surface area contributed by atoms with Crippen LogP contribution in [-0.2, 0) is 11.3 Å². The summed E-state index contributed by atoms with van der Waals surface area (Å²) in [5, 5.41) is 4.86. The number of nitrogens with zero attached hydrogens (tertiary/aromatic N) is 5. The average Bonchev–Trinajstić information content (AvgIpc) is 3.13. The van der Waals surface area contributed by atoms with E-state index >= 15 is 0 Å². The molecule has 32 heavy (non-hydrogen) atoms. The number of urea groups is 1. The van der Waals surface area contributed by atoms with E-state index in [-0.39, 0.29) is 5.91 Å². The summed E-state index contributed by atoms with van der Waals surface area (Å²) in [6.45, 7) is 4.48. The summed E-state index contributed by atoms with van der Waals surface area (Å²) >= 11 is 6.20. The van der Waals surface area contributed by atoms with Crippen LogP contribution in [0.25, 0.3) is 0 Å². The second kappa shape index (κ2) is 8.55. The lowest BCUT2D eigenvalue weighted by Gasteiger charge is -2.31. The van der Waals surface area contributed by atoms with Gasteiger partial charge in [0.2, 0.25) is 11.9 Å². The normalized spacial score (nSPS) is 18.5. The Labute approximate surface area is 191 Å². The summed E-state index contributed by atoms with van der Waals surface area (Å²) in [6, 6.07) is 12.4. The third kappa shape index (κ3) is 3.89. The highest BCUT2D eigenvalue weighted by atomic mass is 35.5. The predicted molar refractivity (Wildman–Crippen MR) is 124 cm³/mol. The van der Waals surface area contributed by atoms with E-state index in [2.05, 4.69) is 27.7 Å². The van der Waals surface area contributed by atoms with Gasteiger partial charge >= 0.3 is 12.0 Å². The molecule has 3 amide bonds. The molecule has 1 fully saturated rings. The largest absolute Gasteiger partial charge is 0.414 e. The second-order valence-corrected chi connectivity index (χ2v) is 8.29. The molecule has 0 spiro atoms. The van der Waals surface area contributed by atoms with Crippen LogP contribution in [-0.4, -0.2) is 64.5 Å². The van der Waals surface area contributed by atoms with Crippen LogP contribution in [0.5, 0.6) is 0 Å². The Morgan fingerprint density at radius 2 is 1.91 bits per heavy atom. The molecule has 4 rings (SSSR count). The van der Waals surface area contributed by atoms with Gasteiger partial charge in [0.05, 0.1) is 12.8 Å². The number of hydrogen-bond acceptors (Lipinski definition) is 5. The Kier molecular flexibility index (Phi) is 5.80. The van der Waals surface area contributed by atoms with Gasteiger partial charge in [-0.15, -0.1) is 5.10 Å². The van der Waals surface area contributed by atoms with Gasteiger partial charge in [0.1, 0.15) is 0 Å². The molecule has 2 aromatic rings. The maximum atomic E-state index is 13.1. The van der Waals surface area contributed by atoms with Crippen LogP contribution in [0.1, 0.15) is 22.3 Å². The Hall–Kier alpha value is -3.52. The lowest BCUT2D eigenvalue weighted by molar-refractivity contribution is -0.553. The number of guanidine groups is 1. The smallest absolute Gasteiger partial charge is 0.270 e. The summed E-state index contributed by atoms with van der Waals surface area (Å²) in [4.78, 5) is 32.6. The van der Waals surface area contributed by atoms with E-state index in [0.717, 1.165) is 27.2 Å². The first-order chi connectivity index (χ1) is 15.3. The van der Waals surface area contributed by atoms with Crippen LogP contribution >= 0.6 is 11.6 Å². The molecule has 2 aliphatic rings. The maximum Gasteiger partial charge on any atom is 0.414 e. The van der Waals surface area contributed by atoms with Crippen molar-refractivity contribution in [2.24, 2.45) is 10.1 Å². The van der Waals surface area contributed by atoms with Crippen molar-refractivity contribution in [2.45, 2.75) is 26.4 Å². The highest BCUT2D eigenvalue weighted by Crippen LogP contribution is 2.22. The molecule has 0 saturated carbocycles. The topological polar surface area (TPSA) is 80.4 Å². The highest BCUT2D eigenvalue weighted by Gasteiger charge is 2.51. The van der Waals surface area contributed by atoms with Gasteiger partial charge in [-0.3, -0.25) is 14.6 Å². The number of rotatable bonds is 4. The number of hydrogen-bond donors (Lipinski definition) is 1. The number of aliphatic imine (C=N–C) groups is 1. The number of carbonyl (C=O) groups is 2. The zero-order valence-corrected chi connectivity index (χ0v) is 19.1. The van der Waals surface area contributed by atoms with Gasteiger partial charge in [0.25, 0.3) is 5.91 Å². The van der Waals surface area contributed by atoms with Crippen LogP contribution in [0, 0.1) is 13.8 Å². The van der Waals surface area contributed by atoms with Crippen molar-refractivity contribution in [1.29, 1.82) is 0 Å². The van der Waals surface area contributed by atoms with Crippen LogP contribution in [0.2, 0.25) is 5.02 Å². The Morgan fingerprint density at radius 1 is 1.16 bits per heavy atom. The molecule has 0 radical (unpaired) electrons. The number of carbonyl (C=O) groups excluding carboxylic acids is 2. The number of fused-ring (bicyclic) bond motifs is 1. The van der Waals surface area contributed by atoms with Crippen LogP contribution in [0.3, 0.4) is 0 Å². The number of hydrazone groups is 1. The maximum absolute atomic E-state index is 13.1. The van der Waals surface area contributed by atoms with Crippen molar-refractivity contribution in [2.75, 3.05) is 14.1 Å². The van der Waals surface area contributed by atoms with E-state index in [1.807, 2.05) is 42.7 Å². The monoisotopic (exact) mass is 451 g/mol.